The van der Waals surface area contributed by atoms with Crippen LogP contribution in [-0.2, 0) is 0 Å². The van der Waals surface area contributed by atoms with E-state index < -0.39 is 0 Å². The van der Waals surface area contributed by atoms with Crippen LogP contribution in [0.4, 0.5) is 11.1 Å². The van der Waals surface area contributed by atoms with Gasteiger partial charge in [-0.3, -0.25) is 4.90 Å². The Morgan fingerprint density at radius 3 is 2.40 bits per heavy atom. The molecule has 0 radical (unpaired) electrons. The lowest BCUT2D eigenvalue weighted by Gasteiger charge is -2.36. The Balaban J connectivity index is 1.93. The molecule has 1 aliphatic heterocycles. The Hall–Kier alpha value is -0.880. The topological polar surface area (TPSA) is 58.3 Å². The summed E-state index contributed by atoms with van der Waals surface area (Å²) in [6, 6.07) is 0.631. The number of nitrogens with two attached hydrogens (primary N) is 1. The normalized spacial score (nSPS) is 18.7. The van der Waals surface area contributed by atoms with Gasteiger partial charge in [0.1, 0.15) is 0 Å². The smallest absolute Gasteiger partial charge is 0.233 e. The molecule has 5 nitrogen and oxygen atoms in total. The van der Waals surface area contributed by atoms with E-state index in [0.717, 1.165) is 31.3 Å². The third-order valence-corrected chi connectivity index (χ3v) is 3.54. The lowest BCUT2D eigenvalue weighted by Crippen LogP contribution is -2.48. The van der Waals surface area contributed by atoms with E-state index in [9.17, 15) is 0 Å². The number of aromatic nitrogens is 2. The van der Waals surface area contributed by atoms with E-state index in [2.05, 4.69) is 33.0 Å². The maximum Gasteiger partial charge on any atom is 0.233 e. The van der Waals surface area contributed by atoms with Crippen molar-refractivity contribution in [3.63, 3.8) is 0 Å². The molecule has 15 heavy (non-hydrogen) atoms. The first-order valence-corrected chi connectivity index (χ1v) is 6.02. The molecule has 0 amide bonds. The molecule has 2 rings (SSSR count). The van der Waals surface area contributed by atoms with E-state index in [1.165, 1.54) is 11.5 Å². The van der Waals surface area contributed by atoms with Crippen molar-refractivity contribution < 1.29 is 0 Å². The first-order chi connectivity index (χ1) is 7.16. The SMILES string of the molecule is CC(C)N1CCN(c2nc(N)ns2)CC1. The highest BCUT2D eigenvalue weighted by Crippen LogP contribution is 2.20. The maximum atomic E-state index is 5.51. The van der Waals surface area contributed by atoms with Gasteiger partial charge in [0.05, 0.1) is 0 Å². The van der Waals surface area contributed by atoms with Crippen molar-refractivity contribution in [1.29, 1.82) is 0 Å². The Kier molecular flexibility index (Phi) is 3.06. The summed E-state index contributed by atoms with van der Waals surface area (Å²) in [5.74, 6) is 0.390. The molecule has 2 heterocycles. The molecule has 0 aromatic carbocycles. The molecule has 0 unspecified atom stereocenters. The van der Waals surface area contributed by atoms with Gasteiger partial charge >= 0.3 is 0 Å². The summed E-state index contributed by atoms with van der Waals surface area (Å²) in [5, 5.41) is 0.955. The van der Waals surface area contributed by atoms with Crippen LogP contribution in [0.15, 0.2) is 0 Å². The summed E-state index contributed by atoms with van der Waals surface area (Å²) in [6.07, 6.45) is 0. The van der Waals surface area contributed by atoms with Crippen molar-refractivity contribution in [2.24, 2.45) is 0 Å². The lowest BCUT2D eigenvalue weighted by molar-refractivity contribution is 0.209. The molecule has 1 fully saturated rings. The molecule has 84 valence electrons. The number of piperazine rings is 1. The van der Waals surface area contributed by atoms with Gasteiger partial charge in [-0.25, -0.2) is 0 Å². The second kappa shape index (κ2) is 4.32. The fourth-order valence-corrected chi connectivity index (χ4v) is 2.43. The number of rotatable bonds is 2. The summed E-state index contributed by atoms with van der Waals surface area (Å²) in [4.78, 5) is 8.93. The van der Waals surface area contributed by atoms with Gasteiger partial charge in [0.25, 0.3) is 0 Å². The van der Waals surface area contributed by atoms with Gasteiger partial charge in [-0.2, -0.15) is 9.36 Å². The largest absolute Gasteiger partial charge is 0.367 e. The quantitative estimate of drug-likeness (QED) is 0.804. The summed E-state index contributed by atoms with van der Waals surface area (Å²) in [5.41, 5.74) is 5.51. The van der Waals surface area contributed by atoms with Gasteiger partial charge in [0, 0.05) is 43.8 Å². The molecule has 1 aliphatic rings. The molecule has 6 heteroatoms. The van der Waals surface area contributed by atoms with Crippen molar-refractivity contribution in [3.05, 3.63) is 0 Å². The number of nitrogens with zero attached hydrogens (tertiary/aromatic N) is 4. The molecule has 1 aromatic heterocycles. The minimum Gasteiger partial charge on any atom is -0.367 e. The Morgan fingerprint density at radius 2 is 1.93 bits per heavy atom. The van der Waals surface area contributed by atoms with Gasteiger partial charge in [-0.15, -0.1) is 0 Å². The fraction of sp³-hybridized carbons (Fsp3) is 0.778. The predicted octanol–water partition coefficient (Wildman–Crippen LogP) is 0.651. The highest BCUT2D eigenvalue weighted by Gasteiger charge is 2.20. The number of anilines is 2. The number of hydrogen-bond acceptors (Lipinski definition) is 6. The summed E-state index contributed by atoms with van der Waals surface area (Å²) < 4.78 is 4.00. The molecule has 0 atom stereocenters. The monoisotopic (exact) mass is 227 g/mol. The Labute approximate surface area is 94.1 Å². The van der Waals surface area contributed by atoms with Gasteiger partial charge in [-0.1, -0.05) is 0 Å². The van der Waals surface area contributed by atoms with Gasteiger partial charge in [0.2, 0.25) is 11.1 Å². The molecule has 0 aliphatic carbocycles. The van der Waals surface area contributed by atoms with Gasteiger partial charge in [0.15, 0.2) is 0 Å². The van der Waals surface area contributed by atoms with Gasteiger partial charge < -0.3 is 10.6 Å². The summed E-state index contributed by atoms with van der Waals surface area (Å²) >= 11 is 1.39. The molecule has 0 bridgehead atoms. The zero-order chi connectivity index (χ0) is 10.8. The van der Waals surface area contributed by atoms with Crippen molar-refractivity contribution >= 4 is 22.6 Å². The van der Waals surface area contributed by atoms with Crippen LogP contribution in [0.1, 0.15) is 13.8 Å². The first kappa shape index (κ1) is 10.6. The van der Waals surface area contributed by atoms with E-state index in [1.54, 1.807) is 0 Å². The van der Waals surface area contributed by atoms with Crippen LogP contribution in [0.3, 0.4) is 0 Å². The van der Waals surface area contributed by atoms with Crippen LogP contribution in [0.2, 0.25) is 0 Å². The van der Waals surface area contributed by atoms with Crippen LogP contribution in [0.25, 0.3) is 0 Å². The highest BCUT2D eigenvalue weighted by atomic mass is 32.1. The third-order valence-electron chi connectivity index (χ3n) is 2.75. The average molecular weight is 227 g/mol. The molecule has 0 saturated carbocycles. The van der Waals surface area contributed by atoms with E-state index in [1.807, 2.05) is 0 Å². The minimum absolute atomic E-state index is 0.390. The van der Waals surface area contributed by atoms with E-state index in [4.69, 9.17) is 5.73 Å². The van der Waals surface area contributed by atoms with Crippen LogP contribution in [0, 0.1) is 0 Å². The molecule has 2 N–H and O–H groups in total. The second-order valence-corrected chi connectivity index (χ2v) is 4.78. The van der Waals surface area contributed by atoms with E-state index in [0.29, 0.717) is 12.0 Å². The second-order valence-electron chi connectivity index (χ2n) is 4.05. The van der Waals surface area contributed by atoms with Crippen LogP contribution < -0.4 is 10.6 Å². The third kappa shape index (κ3) is 2.38. The van der Waals surface area contributed by atoms with Crippen LogP contribution in [-0.4, -0.2) is 46.5 Å². The first-order valence-electron chi connectivity index (χ1n) is 5.25. The van der Waals surface area contributed by atoms with Crippen LogP contribution >= 0.6 is 11.5 Å². The van der Waals surface area contributed by atoms with Gasteiger partial charge in [-0.05, 0) is 13.8 Å². The molecular formula is C9H17N5S. The zero-order valence-electron chi connectivity index (χ0n) is 9.18. The fourth-order valence-electron chi connectivity index (χ4n) is 1.78. The molecular weight excluding hydrogens is 210 g/mol. The number of hydrogen-bond donors (Lipinski definition) is 1. The van der Waals surface area contributed by atoms with Crippen molar-refractivity contribution in [3.8, 4) is 0 Å². The van der Waals surface area contributed by atoms with Crippen molar-refractivity contribution in [2.75, 3.05) is 36.8 Å². The van der Waals surface area contributed by atoms with E-state index >= 15 is 0 Å². The standard InChI is InChI=1S/C9H17N5S/c1-7(2)13-3-5-14(6-4-13)9-11-8(10)12-15-9/h7H,3-6H2,1-2H3,(H2,10,12). The minimum atomic E-state index is 0.390. The zero-order valence-corrected chi connectivity index (χ0v) is 10.00. The summed E-state index contributed by atoms with van der Waals surface area (Å²) in [7, 11) is 0. The summed E-state index contributed by atoms with van der Waals surface area (Å²) in [6.45, 7) is 8.70. The average Bonchev–Trinajstić information content (AvgIpc) is 2.65. The Morgan fingerprint density at radius 1 is 1.27 bits per heavy atom. The predicted molar refractivity (Wildman–Crippen MR) is 63.2 cm³/mol. The molecule has 1 saturated heterocycles. The van der Waals surface area contributed by atoms with E-state index in [-0.39, 0.29) is 0 Å². The van der Waals surface area contributed by atoms with Crippen molar-refractivity contribution in [2.45, 2.75) is 19.9 Å². The Bertz CT molecular complexity index is 316. The molecule has 1 aromatic rings. The number of nitrogen functional groups attached to an aromatic ring is 1. The highest BCUT2D eigenvalue weighted by molar-refractivity contribution is 7.09. The molecule has 0 spiro atoms. The maximum absolute atomic E-state index is 5.51. The lowest BCUT2D eigenvalue weighted by atomic mass is 10.2. The van der Waals surface area contributed by atoms with Crippen LogP contribution in [0.5, 0.6) is 0 Å². The van der Waals surface area contributed by atoms with Crippen molar-refractivity contribution in [1.82, 2.24) is 14.3 Å².